The van der Waals surface area contributed by atoms with Gasteiger partial charge in [0.15, 0.2) is 0 Å². The van der Waals surface area contributed by atoms with Crippen LogP contribution in [0, 0.1) is 0 Å². The molecule has 0 atom stereocenters. The maximum Gasteiger partial charge on any atom is 0.257 e. The number of likely N-dealkylation sites (tertiary alicyclic amines) is 1. The summed E-state index contributed by atoms with van der Waals surface area (Å²) in [6.45, 7) is 1.48. The molecule has 1 saturated heterocycles. The van der Waals surface area contributed by atoms with Gasteiger partial charge in [0.2, 0.25) is 5.91 Å². The second kappa shape index (κ2) is 7.15. The Labute approximate surface area is 156 Å². The molecule has 0 bridgehead atoms. The van der Waals surface area contributed by atoms with Gasteiger partial charge in [-0.05, 0) is 23.0 Å². The topological polar surface area (TPSA) is 64.8 Å². The van der Waals surface area contributed by atoms with Crippen LogP contribution in [-0.2, 0) is 16.0 Å². The van der Waals surface area contributed by atoms with Crippen molar-refractivity contribution in [2.45, 2.75) is 37.7 Å². The highest BCUT2D eigenvalue weighted by molar-refractivity contribution is 7.11. The van der Waals surface area contributed by atoms with Crippen LogP contribution in [-0.4, -0.2) is 41.8 Å². The summed E-state index contributed by atoms with van der Waals surface area (Å²) in [6.07, 6.45) is 7.16. The fraction of sp³-hybridized carbons (Fsp3) is 0.474. The molecule has 2 aliphatic rings. The van der Waals surface area contributed by atoms with E-state index in [1.807, 2.05) is 11.2 Å². The molecule has 138 valence electrons. The van der Waals surface area contributed by atoms with Crippen LogP contribution in [0.2, 0.25) is 0 Å². The summed E-state index contributed by atoms with van der Waals surface area (Å²) in [7, 11) is 1.55. The number of piperidine rings is 1. The van der Waals surface area contributed by atoms with Crippen molar-refractivity contribution in [3.63, 3.8) is 0 Å². The molecule has 4 rings (SSSR count). The highest BCUT2D eigenvalue weighted by Crippen LogP contribution is 2.42. The molecular formula is C19H22N2O4S. The van der Waals surface area contributed by atoms with Gasteiger partial charge in [0, 0.05) is 49.2 Å². The molecule has 2 aromatic rings. The summed E-state index contributed by atoms with van der Waals surface area (Å²) in [5.41, 5.74) is 1.98. The highest BCUT2D eigenvalue weighted by Gasteiger charge is 2.41. The maximum absolute atomic E-state index is 12.5. The minimum atomic E-state index is -0.131. The number of hydrogen-bond donors (Lipinski definition) is 0. The number of carbonyl (C=O) groups is 1. The molecule has 0 radical (unpaired) electrons. The Morgan fingerprint density at radius 1 is 1.42 bits per heavy atom. The number of ether oxygens (including phenoxy) is 2. The second-order valence-electron chi connectivity index (χ2n) is 6.83. The zero-order chi connectivity index (χ0) is 18.0. The quantitative estimate of drug-likeness (QED) is 0.801. The summed E-state index contributed by atoms with van der Waals surface area (Å²) in [5.74, 6) is 0.620. The largest absolute Gasteiger partial charge is 0.494 e. The van der Waals surface area contributed by atoms with Crippen LogP contribution in [0.25, 0.3) is 5.57 Å². The van der Waals surface area contributed by atoms with E-state index in [9.17, 15) is 4.79 Å². The van der Waals surface area contributed by atoms with Crippen molar-refractivity contribution < 1.29 is 18.8 Å². The van der Waals surface area contributed by atoms with Crippen molar-refractivity contribution in [2.24, 2.45) is 0 Å². The van der Waals surface area contributed by atoms with E-state index in [0.717, 1.165) is 37.9 Å². The molecule has 6 nitrogen and oxygen atoms in total. The lowest BCUT2D eigenvalue weighted by atomic mass is 9.86. The number of aromatic nitrogens is 1. The first-order chi connectivity index (χ1) is 12.7. The molecule has 4 heterocycles. The average Bonchev–Trinajstić information content (AvgIpc) is 3.41. The van der Waals surface area contributed by atoms with E-state index >= 15 is 0 Å². The summed E-state index contributed by atoms with van der Waals surface area (Å²) in [6, 6.07) is 4.20. The third kappa shape index (κ3) is 3.35. The van der Waals surface area contributed by atoms with Crippen LogP contribution in [0.5, 0.6) is 5.88 Å². The van der Waals surface area contributed by atoms with Gasteiger partial charge in [-0.15, -0.1) is 11.3 Å². The second-order valence-corrected chi connectivity index (χ2v) is 7.78. The van der Waals surface area contributed by atoms with Gasteiger partial charge >= 0.3 is 0 Å². The normalized spacial score (nSPS) is 18.7. The van der Waals surface area contributed by atoms with Crippen molar-refractivity contribution >= 4 is 22.8 Å². The number of amides is 1. The minimum absolute atomic E-state index is 0.131. The number of nitrogens with zero attached hydrogens (tertiary/aromatic N) is 2. The molecule has 1 spiro atoms. The zero-order valence-corrected chi connectivity index (χ0v) is 15.6. The Hall–Kier alpha value is -2.28. The zero-order valence-electron chi connectivity index (χ0n) is 14.8. The van der Waals surface area contributed by atoms with Gasteiger partial charge in [0.05, 0.1) is 18.9 Å². The van der Waals surface area contributed by atoms with Gasteiger partial charge in [-0.1, -0.05) is 6.07 Å². The molecule has 0 aliphatic carbocycles. The van der Waals surface area contributed by atoms with Gasteiger partial charge in [-0.3, -0.25) is 4.79 Å². The predicted octanol–water partition coefficient (Wildman–Crippen LogP) is 3.50. The molecule has 0 saturated carbocycles. The fourth-order valence-corrected chi connectivity index (χ4v) is 4.40. The summed E-state index contributed by atoms with van der Waals surface area (Å²) in [4.78, 5) is 15.8. The van der Waals surface area contributed by atoms with Crippen molar-refractivity contribution in [3.8, 4) is 5.88 Å². The molecule has 0 unspecified atom stereocenters. The SMILES string of the molecule is COc1nocc1CCC(=O)N1CCC2(CC1)CC(c1cccs1)=CO2. The minimum Gasteiger partial charge on any atom is -0.494 e. The molecule has 2 aromatic heterocycles. The molecule has 0 aromatic carbocycles. The first-order valence-corrected chi connectivity index (χ1v) is 9.73. The lowest BCUT2D eigenvalue weighted by Gasteiger charge is -2.38. The van der Waals surface area contributed by atoms with Crippen LogP contribution in [0.4, 0.5) is 0 Å². The Morgan fingerprint density at radius 3 is 3.00 bits per heavy atom. The monoisotopic (exact) mass is 374 g/mol. The Morgan fingerprint density at radius 2 is 2.27 bits per heavy atom. The van der Waals surface area contributed by atoms with E-state index < -0.39 is 0 Å². The smallest absolute Gasteiger partial charge is 0.257 e. The van der Waals surface area contributed by atoms with Gasteiger partial charge in [-0.2, -0.15) is 0 Å². The van der Waals surface area contributed by atoms with Crippen molar-refractivity contribution in [3.05, 3.63) is 40.5 Å². The Balaban J connectivity index is 1.28. The molecular weight excluding hydrogens is 352 g/mol. The van der Waals surface area contributed by atoms with E-state index in [1.165, 1.54) is 10.5 Å². The first kappa shape index (κ1) is 17.1. The third-order valence-electron chi connectivity index (χ3n) is 5.24. The molecule has 2 aliphatic heterocycles. The maximum atomic E-state index is 12.5. The van der Waals surface area contributed by atoms with Gasteiger partial charge in [-0.25, -0.2) is 0 Å². The van der Waals surface area contributed by atoms with Crippen molar-refractivity contribution in [1.82, 2.24) is 10.1 Å². The number of aryl methyl sites for hydroxylation is 1. The highest BCUT2D eigenvalue weighted by atomic mass is 32.1. The summed E-state index contributed by atoms with van der Waals surface area (Å²) < 4.78 is 16.1. The number of carbonyl (C=O) groups excluding carboxylic acids is 1. The van der Waals surface area contributed by atoms with Crippen LogP contribution in [0.1, 0.15) is 36.1 Å². The van der Waals surface area contributed by atoms with Crippen LogP contribution in [0.3, 0.4) is 0 Å². The third-order valence-corrected chi connectivity index (χ3v) is 6.18. The Kier molecular flexibility index (Phi) is 4.72. The van der Waals surface area contributed by atoms with E-state index in [1.54, 1.807) is 24.7 Å². The lowest BCUT2D eigenvalue weighted by Crippen LogP contribution is -2.46. The number of hydrogen-bond acceptors (Lipinski definition) is 6. The molecule has 1 amide bonds. The van der Waals surface area contributed by atoms with Gasteiger partial charge in [0.1, 0.15) is 11.9 Å². The fourth-order valence-electron chi connectivity index (χ4n) is 3.67. The van der Waals surface area contributed by atoms with E-state index in [0.29, 0.717) is 18.7 Å². The molecule has 0 N–H and O–H groups in total. The van der Waals surface area contributed by atoms with Crippen LogP contribution < -0.4 is 4.74 Å². The van der Waals surface area contributed by atoms with Crippen molar-refractivity contribution in [2.75, 3.05) is 20.2 Å². The standard InChI is InChI=1S/C19H22N2O4S/c1-23-18-14(13-25-20-18)4-5-17(22)21-8-6-19(7-9-21)11-15(12-24-19)16-3-2-10-26-16/h2-3,10,12-13H,4-9,11H2,1H3. The number of thiophene rings is 1. The van der Waals surface area contributed by atoms with E-state index in [4.69, 9.17) is 14.0 Å². The Bertz CT molecular complexity index is 788. The number of rotatable bonds is 5. The van der Waals surface area contributed by atoms with Gasteiger partial charge in [0.25, 0.3) is 5.88 Å². The molecule has 7 heteroatoms. The summed E-state index contributed by atoms with van der Waals surface area (Å²) >= 11 is 1.75. The molecule has 1 fully saturated rings. The van der Waals surface area contributed by atoms with Crippen LogP contribution >= 0.6 is 11.3 Å². The average molecular weight is 374 g/mol. The van der Waals surface area contributed by atoms with E-state index in [-0.39, 0.29) is 11.5 Å². The van der Waals surface area contributed by atoms with Gasteiger partial charge < -0.3 is 18.9 Å². The molecule has 26 heavy (non-hydrogen) atoms. The van der Waals surface area contributed by atoms with E-state index in [2.05, 4.69) is 22.7 Å². The predicted molar refractivity (Wildman–Crippen MR) is 97.9 cm³/mol. The first-order valence-electron chi connectivity index (χ1n) is 8.85. The lowest BCUT2D eigenvalue weighted by molar-refractivity contribution is -0.135. The summed E-state index contributed by atoms with van der Waals surface area (Å²) in [5, 5.41) is 5.85. The van der Waals surface area contributed by atoms with Crippen LogP contribution in [0.15, 0.2) is 34.6 Å². The van der Waals surface area contributed by atoms with Crippen molar-refractivity contribution in [1.29, 1.82) is 0 Å². The number of methoxy groups -OCH3 is 1.